The first kappa shape index (κ1) is 20.8. The fraction of sp³-hybridized carbons (Fsp3) is 0.450. The molecule has 2 N–H and O–H groups in total. The van der Waals surface area contributed by atoms with E-state index in [0.29, 0.717) is 25.1 Å². The van der Waals surface area contributed by atoms with E-state index in [4.69, 9.17) is 9.15 Å². The van der Waals surface area contributed by atoms with Crippen LogP contribution in [-0.2, 0) is 17.8 Å². The van der Waals surface area contributed by atoms with Gasteiger partial charge in [-0.3, -0.25) is 15.0 Å². The minimum atomic E-state index is -0.405. The molecule has 9 nitrogen and oxygen atoms in total. The quantitative estimate of drug-likeness (QED) is 0.302. The molecule has 1 saturated heterocycles. The first-order valence-corrected chi connectivity index (χ1v) is 9.71. The van der Waals surface area contributed by atoms with E-state index in [2.05, 4.69) is 27.4 Å². The third kappa shape index (κ3) is 6.58. The number of morpholine rings is 1. The molecule has 1 aromatic heterocycles. The standard InChI is InChI=1S/C20H27N5O4/c1-16(24-8-11-28-12-9-24)13-21-20(23-15-19-3-2-10-29-19)22-14-17-4-6-18(7-5-17)25(26)27/h2-7,10,16H,8-9,11-15H2,1H3,(H2,21,22,23). The van der Waals surface area contributed by atoms with Crippen LogP contribution >= 0.6 is 0 Å². The number of guanidine groups is 1. The summed E-state index contributed by atoms with van der Waals surface area (Å²) in [7, 11) is 0. The van der Waals surface area contributed by atoms with Gasteiger partial charge in [-0.1, -0.05) is 12.1 Å². The van der Waals surface area contributed by atoms with E-state index in [1.807, 2.05) is 12.1 Å². The highest BCUT2D eigenvalue weighted by Gasteiger charge is 2.17. The fourth-order valence-electron chi connectivity index (χ4n) is 3.04. The van der Waals surface area contributed by atoms with Gasteiger partial charge in [-0.2, -0.15) is 0 Å². The van der Waals surface area contributed by atoms with Crippen LogP contribution in [0.5, 0.6) is 0 Å². The highest BCUT2D eigenvalue weighted by molar-refractivity contribution is 5.79. The average Bonchev–Trinajstić information content (AvgIpc) is 3.27. The van der Waals surface area contributed by atoms with Crippen molar-refractivity contribution in [2.45, 2.75) is 26.1 Å². The molecule has 2 heterocycles. The second-order valence-electron chi connectivity index (χ2n) is 6.90. The second-order valence-corrected chi connectivity index (χ2v) is 6.90. The molecular formula is C20H27N5O4. The van der Waals surface area contributed by atoms with Gasteiger partial charge < -0.3 is 19.8 Å². The van der Waals surface area contributed by atoms with E-state index in [1.54, 1.807) is 18.4 Å². The number of ether oxygens (including phenoxy) is 1. The molecule has 9 heteroatoms. The van der Waals surface area contributed by atoms with Crippen LogP contribution in [0.25, 0.3) is 0 Å². The number of nitrogens with zero attached hydrogens (tertiary/aromatic N) is 3. The van der Waals surface area contributed by atoms with Crippen molar-refractivity contribution in [1.82, 2.24) is 15.5 Å². The van der Waals surface area contributed by atoms with Gasteiger partial charge in [-0.15, -0.1) is 0 Å². The van der Waals surface area contributed by atoms with Crippen LogP contribution < -0.4 is 10.6 Å². The molecule has 29 heavy (non-hydrogen) atoms. The summed E-state index contributed by atoms with van der Waals surface area (Å²) in [5.74, 6) is 1.48. The zero-order valence-electron chi connectivity index (χ0n) is 16.5. The van der Waals surface area contributed by atoms with Gasteiger partial charge in [0.05, 0.1) is 37.5 Å². The lowest BCUT2D eigenvalue weighted by atomic mass is 10.2. The van der Waals surface area contributed by atoms with Crippen molar-refractivity contribution < 1.29 is 14.1 Å². The van der Waals surface area contributed by atoms with Gasteiger partial charge in [0.1, 0.15) is 5.76 Å². The zero-order chi connectivity index (χ0) is 20.5. The van der Waals surface area contributed by atoms with Crippen LogP contribution in [0.4, 0.5) is 5.69 Å². The summed E-state index contributed by atoms with van der Waals surface area (Å²) in [5.41, 5.74) is 0.974. The normalized spacial score (nSPS) is 16.4. The van der Waals surface area contributed by atoms with Crippen molar-refractivity contribution in [3.63, 3.8) is 0 Å². The molecule has 156 valence electrons. The Hall–Kier alpha value is -2.91. The van der Waals surface area contributed by atoms with Crippen molar-refractivity contribution in [2.24, 2.45) is 4.99 Å². The van der Waals surface area contributed by atoms with Crippen molar-refractivity contribution in [1.29, 1.82) is 0 Å². The summed E-state index contributed by atoms with van der Waals surface area (Å²) in [6, 6.07) is 10.5. The summed E-state index contributed by atoms with van der Waals surface area (Å²) in [6.07, 6.45) is 1.64. The van der Waals surface area contributed by atoms with E-state index < -0.39 is 4.92 Å². The number of rotatable bonds is 8. The molecule has 1 aliphatic rings. The summed E-state index contributed by atoms with van der Waals surface area (Å²) < 4.78 is 10.8. The van der Waals surface area contributed by atoms with Crippen molar-refractivity contribution in [2.75, 3.05) is 32.8 Å². The lowest BCUT2D eigenvalue weighted by Gasteiger charge is -2.32. The van der Waals surface area contributed by atoms with Crippen LogP contribution in [0.2, 0.25) is 0 Å². The molecule has 0 aliphatic carbocycles. The predicted octanol–water partition coefficient (Wildman–Crippen LogP) is 2.14. The molecule has 0 amide bonds. The first-order chi connectivity index (χ1) is 14.1. The summed E-state index contributed by atoms with van der Waals surface area (Å²) >= 11 is 0. The number of furan rings is 1. The Bertz CT molecular complexity index is 786. The lowest BCUT2D eigenvalue weighted by molar-refractivity contribution is -0.384. The molecule has 1 atom stereocenters. The summed E-state index contributed by atoms with van der Waals surface area (Å²) in [6.45, 7) is 7.24. The Balaban J connectivity index is 1.59. The van der Waals surface area contributed by atoms with Gasteiger partial charge in [0.25, 0.3) is 5.69 Å². The van der Waals surface area contributed by atoms with E-state index in [0.717, 1.165) is 44.2 Å². The van der Waals surface area contributed by atoms with Gasteiger partial charge in [-0.05, 0) is 24.6 Å². The van der Waals surface area contributed by atoms with E-state index in [-0.39, 0.29) is 5.69 Å². The first-order valence-electron chi connectivity index (χ1n) is 9.71. The molecule has 1 unspecified atom stereocenters. The van der Waals surface area contributed by atoms with E-state index in [9.17, 15) is 10.1 Å². The molecule has 0 radical (unpaired) electrons. The van der Waals surface area contributed by atoms with Crippen molar-refractivity contribution in [3.05, 3.63) is 64.1 Å². The van der Waals surface area contributed by atoms with Gasteiger partial charge in [0.2, 0.25) is 0 Å². The molecule has 2 aromatic rings. The van der Waals surface area contributed by atoms with Crippen molar-refractivity contribution in [3.8, 4) is 0 Å². The number of nitro groups is 1. The lowest BCUT2D eigenvalue weighted by Crippen LogP contribution is -2.49. The predicted molar refractivity (Wildman–Crippen MR) is 110 cm³/mol. The SMILES string of the molecule is CC(CNC(=NCc1ccc([N+](=O)[O-])cc1)NCc1ccco1)N1CCOCC1. The van der Waals surface area contributed by atoms with Crippen LogP contribution in [0, 0.1) is 10.1 Å². The maximum atomic E-state index is 10.8. The van der Waals surface area contributed by atoms with Gasteiger partial charge in [0, 0.05) is 37.8 Å². The molecule has 1 aliphatic heterocycles. The highest BCUT2D eigenvalue weighted by atomic mass is 16.6. The molecule has 0 spiro atoms. The third-order valence-electron chi connectivity index (χ3n) is 4.81. The van der Waals surface area contributed by atoms with Crippen LogP contribution in [0.3, 0.4) is 0 Å². The van der Waals surface area contributed by atoms with Crippen molar-refractivity contribution >= 4 is 11.6 Å². The number of hydrogen-bond donors (Lipinski definition) is 2. The number of aliphatic imine (C=N–C) groups is 1. The average molecular weight is 401 g/mol. The fourth-order valence-corrected chi connectivity index (χ4v) is 3.04. The number of benzene rings is 1. The summed E-state index contributed by atoms with van der Waals surface area (Å²) in [4.78, 5) is 17.4. The molecular weight excluding hydrogens is 374 g/mol. The Morgan fingerprint density at radius 3 is 2.66 bits per heavy atom. The number of nitrogens with one attached hydrogen (secondary N) is 2. The van der Waals surface area contributed by atoms with Gasteiger partial charge >= 0.3 is 0 Å². The van der Waals surface area contributed by atoms with Gasteiger partial charge in [-0.25, -0.2) is 4.99 Å². The molecule has 1 aromatic carbocycles. The Morgan fingerprint density at radius 1 is 1.24 bits per heavy atom. The molecule has 0 bridgehead atoms. The molecule has 0 saturated carbocycles. The maximum Gasteiger partial charge on any atom is 0.269 e. The molecule has 3 rings (SSSR count). The molecule has 1 fully saturated rings. The number of hydrogen-bond acceptors (Lipinski definition) is 6. The smallest absolute Gasteiger partial charge is 0.269 e. The van der Waals surface area contributed by atoms with E-state index in [1.165, 1.54) is 12.1 Å². The summed E-state index contributed by atoms with van der Waals surface area (Å²) in [5, 5.41) is 17.5. The maximum absolute atomic E-state index is 10.8. The number of nitro benzene ring substituents is 1. The minimum absolute atomic E-state index is 0.0753. The largest absolute Gasteiger partial charge is 0.467 e. The minimum Gasteiger partial charge on any atom is -0.467 e. The van der Waals surface area contributed by atoms with Crippen LogP contribution in [0.1, 0.15) is 18.2 Å². The van der Waals surface area contributed by atoms with Crippen LogP contribution in [0.15, 0.2) is 52.1 Å². The highest BCUT2D eigenvalue weighted by Crippen LogP contribution is 2.12. The topological polar surface area (TPSA) is 105 Å². The Labute approximate surface area is 169 Å². The third-order valence-corrected chi connectivity index (χ3v) is 4.81. The Kier molecular flexibility index (Phi) is 7.60. The Morgan fingerprint density at radius 2 is 2.00 bits per heavy atom. The van der Waals surface area contributed by atoms with E-state index >= 15 is 0 Å². The van der Waals surface area contributed by atoms with Crippen LogP contribution in [-0.4, -0.2) is 54.7 Å². The number of non-ortho nitro benzene ring substituents is 1. The monoisotopic (exact) mass is 401 g/mol. The second kappa shape index (κ2) is 10.6. The van der Waals surface area contributed by atoms with Gasteiger partial charge in [0.15, 0.2) is 5.96 Å². The zero-order valence-corrected chi connectivity index (χ0v) is 16.5.